The number of benzene rings is 2. The molecule has 6 heteroatoms. The van der Waals surface area contributed by atoms with Crippen molar-refractivity contribution in [2.75, 3.05) is 6.54 Å². The van der Waals surface area contributed by atoms with Crippen molar-refractivity contribution in [2.24, 2.45) is 17.4 Å². The molecule has 0 aliphatic heterocycles. The molecule has 0 bridgehead atoms. The van der Waals surface area contributed by atoms with Crippen molar-refractivity contribution in [3.05, 3.63) is 65.2 Å². The van der Waals surface area contributed by atoms with Gasteiger partial charge in [-0.1, -0.05) is 30.3 Å². The normalized spacial score (nSPS) is 12.0. The van der Waals surface area contributed by atoms with E-state index in [1.807, 2.05) is 12.1 Å². The number of ether oxygens (including phenoxy) is 1. The Balaban J connectivity index is 1.97. The van der Waals surface area contributed by atoms with Crippen LogP contribution in [0.25, 0.3) is 0 Å². The number of rotatable bonds is 7. The van der Waals surface area contributed by atoms with Gasteiger partial charge < -0.3 is 16.2 Å². The molecule has 0 spiro atoms. The molecule has 4 nitrogen and oxygen atoms in total. The van der Waals surface area contributed by atoms with Gasteiger partial charge in [-0.2, -0.15) is 4.39 Å². The van der Waals surface area contributed by atoms with Crippen molar-refractivity contribution in [1.82, 2.24) is 0 Å². The molecule has 0 aliphatic rings. The second-order valence-electron chi connectivity index (χ2n) is 5.20. The van der Waals surface area contributed by atoms with Crippen molar-refractivity contribution >= 4 is 5.91 Å². The fourth-order valence-electron chi connectivity index (χ4n) is 2.11. The van der Waals surface area contributed by atoms with Gasteiger partial charge in [0.05, 0.1) is 5.92 Å². The van der Waals surface area contributed by atoms with Crippen LogP contribution < -0.4 is 16.2 Å². The summed E-state index contributed by atoms with van der Waals surface area (Å²) >= 11 is 0. The average molecular weight is 320 g/mol. The van der Waals surface area contributed by atoms with Crippen LogP contribution >= 0.6 is 0 Å². The van der Waals surface area contributed by atoms with E-state index in [0.717, 1.165) is 17.2 Å². The largest absolute Gasteiger partial charge is 0.486 e. The second kappa shape index (κ2) is 7.69. The number of primary amides is 1. The third kappa shape index (κ3) is 4.50. The van der Waals surface area contributed by atoms with Crippen LogP contribution in [0.2, 0.25) is 0 Å². The van der Waals surface area contributed by atoms with Gasteiger partial charge >= 0.3 is 0 Å². The van der Waals surface area contributed by atoms with E-state index in [9.17, 15) is 13.6 Å². The van der Waals surface area contributed by atoms with Gasteiger partial charge in [-0.15, -0.1) is 0 Å². The number of amides is 1. The van der Waals surface area contributed by atoms with Gasteiger partial charge in [0.15, 0.2) is 11.6 Å². The van der Waals surface area contributed by atoms with Crippen LogP contribution in [0.4, 0.5) is 8.78 Å². The number of hydrogen-bond acceptors (Lipinski definition) is 3. The molecule has 122 valence electrons. The van der Waals surface area contributed by atoms with Crippen LogP contribution in [0.5, 0.6) is 5.75 Å². The first-order chi connectivity index (χ1) is 11.0. The quantitative estimate of drug-likeness (QED) is 0.820. The van der Waals surface area contributed by atoms with Gasteiger partial charge in [0.2, 0.25) is 11.7 Å². The molecule has 0 aliphatic carbocycles. The lowest BCUT2D eigenvalue weighted by Crippen LogP contribution is -2.31. The van der Waals surface area contributed by atoms with Gasteiger partial charge in [-0.25, -0.2) is 4.39 Å². The smallest absolute Gasteiger partial charge is 0.222 e. The first kappa shape index (κ1) is 16.9. The molecule has 0 aromatic heterocycles. The maximum absolute atomic E-state index is 13.5. The van der Waals surface area contributed by atoms with Crippen LogP contribution in [0, 0.1) is 17.6 Å². The summed E-state index contributed by atoms with van der Waals surface area (Å²) in [6.07, 6.45) is 0.464. The van der Waals surface area contributed by atoms with Gasteiger partial charge in [-0.05, 0) is 29.7 Å². The first-order valence-electron chi connectivity index (χ1n) is 7.15. The molecule has 0 heterocycles. The molecule has 1 amide bonds. The van der Waals surface area contributed by atoms with Crippen LogP contribution in [-0.4, -0.2) is 12.5 Å². The molecular formula is C17H18F2N2O2. The second-order valence-corrected chi connectivity index (χ2v) is 5.20. The first-order valence-corrected chi connectivity index (χ1v) is 7.15. The van der Waals surface area contributed by atoms with Crippen molar-refractivity contribution < 1.29 is 18.3 Å². The fraction of sp³-hybridized carbons (Fsp3) is 0.235. The maximum Gasteiger partial charge on any atom is 0.222 e. The van der Waals surface area contributed by atoms with E-state index in [-0.39, 0.29) is 18.9 Å². The van der Waals surface area contributed by atoms with Gasteiger partial charge in [0.1, 0.15) is 6.61 Å². The molecule has 2 aromatic carbocycles. The highest BCUT2D eigenvalue weighted by atomic mass is 19.2. The summed E-state index contributed by atoms with van der Waals surface area (Å²) in [5.74, 6) is -2.92. The highest BCUT2D eigenvalue weighted by molar-refractivity contribution is 5.77. The Hall–Kier alpha value is -2.47. The van der Waals surface area contributed by atoms with Crippen LogP contribution in [-0.2, 0) is 17.8 Å². The lowest BCUT2D eigenvalue weighted by atomic mass is 9.98. The minimum absolute atomic E-state index is 0.108. The summed E-state index contributed by atoms with van der Waals surface area (Å²) < 4.78 is 31.8. The minimum Gasteiger partial charge on any atom is -0.486 e. The van der Waals surface area contributed by atoms with E-state index in [1.165, 1.54) is 12.1 Å². The predicted molar refractivity (Wildman–Crippen MR) is 82.6 cm³/mol. The Kier molecular flexibility index (Phi) is 5.65. The Bertz CT molecular complexity index is 675. The van der Waals surface area contributed by atoms with Crippen LogP contribution in [0.1, 0.15) is 11.1 Å². The van der Waals surface area contributed by atoms with Crippen LogP contribution in [0.15, 0.2) is 42.5 Å². The predicted octanol–water partition coefficient (Wildman–Crippen LogP) is 2.15. The van der Waals surface area contributed by atoms with E-state index in [1.54, 1.807) is 12.1 Å². The molecule has 23 heavy (non-hydrogen) atoms. The zero-order valence-electron chi connectivity index (χ0n) is 12.5. The summed E-state index contributed by atoms with van der Waals surface area (Å²) in [5, 5.41) is 0. The molecule has 2 aromatic rings. The standard InChI is InChI=1S/C17H18F2N2O2/c18-14-2-1-3-15(16(14)19)23-10-12-6-4-11(5-7-12)8-13(9-20)17(21)22/h1-7,13H,8-10,20H2,(H2,21,22)/t13-/m1/s1. The molecule has 4 N–H and O–H groups in total. The van der Waals surface area contributed by atoms with E-state index >= 15 is 0 Å². The monoisotopic (exact) mass is 320 g/mol. The average Bonchev–Trinajstić information content (AvgIpc) is 2.55. The minimum atomic E-state index is -1.00. The molecule has 1 atom stereocenters. The SMILES string of the molecule is NC[C@@H](Cc1ccc(COc2cccc(F)c2F)cc1)C(N)=O. The highest BCUT2D eigenvalue weighted by Crippen LogP contribution is 2.20. The Morgan fingerprint density at radius 3 is 2.35 bits per heavy atom. The molecule has 0 radical (unpaired) electrons. The third-order valence-electron chi connectivity index (χ3n) is 3.50. The van der Waals surface area contributed by atoms with Gasteiger partial charge in [0.25, 0.3) is 0 Å². The lowest BCUT2D eigenvalue weighted by molar-refractivity contribution is -0.121. The number of halogens is 2. The van der Waals surface area contributed by atoms with E-state index in [4.69, 9.17) is 16.2 Å². The van der Waals surface area contributed by atoms with E-state index < -0.39 is 23.5 Å². The number of nitrogens with two attached hydrogens (primary N) is 2. The summed E-state index contributed by atoms with van der Waals surface area (Å²) in [7, 11) is 0. The summed E-state index contributed by atoms with van der Waals surface area (Å²) in [5.41, 5.74) is 12.5. The number of hydrogen-bond donors (Lipinski definition) is 2. The highest BCUT2D eigenvalue weighted by Gasteiger charge is 2.14. The van der Waals surface area contributed by atoms with Crippen molar-refractivity contribution in [3.8, 4) is 5.75 Å². The van der Waals surface area contributed by atoms with E-state index in [2.05, 4.69) is 0 Å². The Labute approximate surface area is 133 Å². The fourth-order valence-corrected chi connectivity index (χ4v) is 2.11. The third-order valence-corrected chi connectivity index (χ3v) is 3.50. The zero-order valence-corrected chi connectivity index (χ0v) is 12.5. The maximum atomic E-state index is 13.5. The Morgan fingerprint density at radius 1 is 1.09 bits per heavy atom. The van der Waals surface area contributed by atoms with E-state index in [0.29, 0.717) is 6.42 Å². The molecule has 2 rings (SSSR count). The zero-order chi connectivity index (χ0) is 16.8. The topological polar surface area (TPSA) is 78.3 Å². The molecule has 0 saturated heterocycles. The van der Waals surface area contributed by atoms with Crippen molar-refractivity contribution in [3.63, 3.8) is 0 Å². The molecule has 0 saturated carbocycles. The summed E-state index contributed by atoms with van der Waals surface area (Å²) in [6.45, 7) is 0.301. The Morgan fingerprint density at radius 2 is 1.74 bits per heavy atom. The molecule has 0 fully saturated rings. The van der Waals surface area contributed by atoms with Gasteiger partial charge in [-0.3, -0.25) is 4.79 Å². The van der Waals surface area contributed by atoms with Crippen molar-refractivity contribution in [1.29, 1.82) is 0 Å². The van der Waals surface area contributed by atoms with Crippen molar-refractivity contribution in [2.45, 2.75) is 13.0 Å². The molecular weight excluding hydrogens is 302 g/mol. The summed E-state index contributed by atoms with van der Waals surface area (Å²) in [6, 6.07) is 11.0. The summed E-state index contributed by atoms with van der Waals surface area (Å²) in [4.78, 5) is 11.2. The lowest BCUT2D eigenvalue weighted by Gasteiger charge is -2.11. The van der Waals surface area contributed by atoms with Crippen LogP contribution in [0.3, 0.4) is 0 Å². The number of carbonyl (C=O) groups is 1. The number of carbonyl (C=O) groups excluding carboxylic acids is 1. The molecule has 0 unspecified atom stereocenters. The van der Waals surface area contributed by atoms with Gasteiger partial charge in [0, 0.05) is 6.54 Å².